The van der Waals surface area contributed by atoms with Crippen LogP contribution in [0.3, 0.4) is 0 Å². The number of carbonyl (C=O) groups is 1. The minimum Gasteiger partial charge on any atom is -0.478 e. The zero-order valence-electron chi connectivity index (χ0n) is 14.6. The number of nitrogens with two attached hydrogens (primary N) is 1. The number of rotatable bonds is 5. The number of anilines is 1. The number of hydrogen-bond acceptors (Lipinski definition) is 5. The average Bonchev–Trinajstić information content (AvgIpc) is 3.01. The fourth-order valence-corrected chi connectivity index (χ4v) is 3.70. The van der Waals surface area contributed by atoms with E-state index in [1.54, 1.807) is 0 Å². The summed E-state index contributed by atoms with van der Waals surface area (Å²) in [5.41, 5.74) is -0.00630. The first-order valence-electron chi connectivity index (χ1n) is 8.31. The molecule has 0 aromatic heterocycles. The van der Waals surface area contributed by atoms with Gasteiger partial charge in [-0.2, -0.15) is 0 Å². The lowest BCUT2D eigenvalue weighted by Crippen LogP contribution is -2.27. The molecule has 0 radical (unpaired) electrons. The molecule has 0 bridgehead atoms. The Hall–Kier alpha value is -2.65. The molecule has 1 fully saturated rings. The van der Waals surface area contributed by atoms with Gasteiger partial charge < -0.3 is 14.7 Å². The Balaban J connectivity index is 2.21. The molecule has 2 aromatic rings. The van der Waals surface area contributed by atoms with E-state index in [-0.39, 0.29) is 28.0 Å². The number of benzene rings is 2. The van der Waals surface area contributed by atoms with Gasteiger partial charge in [-0.25, -0.2) is 22.7 Å². The Morgan fingerprint density at radius 1 is 1.30 bits per heavy atom. The molecule has 1 saturated heterocycles. The topological polar surface area (TPSA) is 110 Å². The fourth-order valence-electron chi connectivity index (χ4n) is 3.14. The molecule has 0 spiro atoms. The molecule has 3 rings (SSSR count). The van der Waals surface area contributed by atoms with Gasteiger partial charge in [-0.1, -0.05) is 0 Å². The number of carboxylic acid groups (broad SMARTS) is 1. The number of primary sulfonamides is 1. The lowest BCUT2D eigenvalue weighted by Gasteiger charge is -2.27. The highest BCUT2D eigenvalue weighted by molar-refractivity contribution is 7.89. The minimum absolute atomic E-state index is 0.00439. The molecule has 0 aliphatic carbocycles. The molecule has 0 amide bonds. The number of ether oxygens (including phenoxy) is 1. The van der Waals surface area contributed by atoms with Crippen LogP contribution in [0.2, 0.25) is 0 Å². The molecular weight excluding hydrogens is 375 g/mol. The zero-order valence-corrected chi connectivity index (χ0v) is 15.4. The molecule has 1 heterocycles. The van der Waals surface area contributed by atoms with Gasteiger partial charge in [-0.05, 0) is 56.2 Å². The predicted octanol–water partition coefficient (Wildman–Crippen LogP) is 2.95. The first kappa shape index (κ1) is 19.1. The van der Waals surface area contributed by atoms with Crippen molar-refractivity contribution in [2.45, 2.75) is 30.7 Å². The molecule has 1 aliphatic rings. The van der Waals surface area contributed by atoms with E-state index in [4.69, 9.17) is 9.88 Å². The number of sulfonamides is 1. The van der Waals surface area contributed by atoms with E-state index in [0.717, 1.165) is 18.9 Å². The summed E-state index contributed by atoms with van der Waals surface area (Å²) >= 11 is 0. The molecule has 1 aliphatic heterocycles. The van der Waals surface area contributed by atoms with Crippen LogP contribution in [0.5, 0.6) is 11.5 Å². The SMILES string of the molecule is CC1CCCN1c1cc(S(N)(=O)=O)cc(C(=O)O)c1Oc1ccc(F)cc1. The number of carboxylic acids is 1. The van der Waals surface area contributed by atoms with Gasteiger partial charge in [0.1, 0.15) is 17.1 Å². The highest BCUT2D eigenvalue weighted by atomic mass is 32.2. The third kappa shape index (κ3) is 4.04. The zero-order chi connectivity index (χ0) is 19.8. The lowest BCUT2D eigenvalue weighted by atomic mass is 10.1. The smallest absolute Gasteiger partial charge is 0.339 e. The van der Waals surface area contributed by atoms with Crippen molar-refractivity contribution in [3.05, 3.63) is 47.8 Å². The first-order chi connectivity index (χ1) is 12.7. The number of aromatic carboxylic acids is 1. The van der Waals surface area contributed by atoms with Gasteiger partial charge in [-0.15, -0.1) is 0 Å². The van der Waals surface area contributed by atoms with Crippen LogP contribution in [-0.4, -0.2) is 32.1 Å². The van der Waals surface area contributed by atoms with Crippen molar-refractivity contribution in [2.75, 3.05) is 11.4 Å². The molecule has 1 unspecified atom stereocenters. The van der Waals surface area contributed by atoms with E-state index in [1.807, 2.05) is 11.8 Å². The fraction of sp³-hybridized carbons (Fsp3) is 0.278. The molecule has 1 atom stereocenters. The summed E-state index contributed by atoms with van der Waals surface area (Å²) in [5, 5.41) is 14.8. The van der Waals surface area contributed by atoms with Crippen molar-refractivity contribution >= 4 is 21.7 Å². The van der Waals surface area contributed by atoms with Crippen molar-refractivity contribution in [2.24, 2.45) is 5.14 Å². The third-order valence-electron chi connectivity index (χ3n) is 4.50. The van der Waals surface area contributed by atoms with Crippen LogP contribution in [-0.2, 0) is 10.0 Å². The van der Waals surface area contributed by atoms with Gasteiger partial charge in [0.05, 0.1) is 10.6 Å². The van der Waals surface area contributed by atoms with Gasteiger partial charge in [0, 0.05) is 12.6 Å². The van der Waals surface area contributed by atoms with Crippen LogP contribution in [0, 0.1) is 5.82 Å². The Kier molecular flexibility index (Phi) is 5.07. The van der Waals surface area contributed by atoms with Crippen LogP contribution < -0.4 is 14.8 Å². The molecule has 3 N–H and O–H groups in total. The van der Waals surface area contributed by atoms with Crippen LogP contribution in [0.15, 0.2) is 41.3 Å². The van der Waals surface area contributed by atoms with Gasteiger partial charge >= 0.3 is 5.97 Å². The van der Waals surface area contributed by atoms with Crippen molar-refractivity contribution in [3.8, 4) is 11.5 Å². The van der Waals surface area contributed by atoms with Crippen molar-refractivity contribution in [1.82, 2.24) is 0 Å². The van der Waals surface area contributed by atoms with Gasteiger partial charge in [-0.3, -0.25) is 0 Å². The maximum atomic E-state index is 13.2. The summed E-state index contributed by atoms with van der Waals surface area (Å²) in [6, 6.07) is 7.47. The van der Waals surface area contributed by atoms with Crippen molar-refractivity contribution in [1.29, 1.82) is 0 Å². The standard InChI is InChI=1S/C18H19FN2O5S/c1-11-3-2-8-21(11)16-10-14(27(20,24)25)9-15(18(22)23)17(16)26-13-6-4-12(19)5-7-13/h4-7,9-11H,2-3,8H2,1H3,(H,22,23)(H2,20,24,25). The summed E-state index contributed by atoms with van der Waals surface area (Å²) in [6.45, 7) is 2.58. The van der Waals surface area contributed by atoms with Crippen LogP contribution in [0.25, 0.3) is 0 Å². The second-order valence-corrected chi connectivity index (χ2v) is 7.97. The van der Waals surface area contributed by atoms with E-state index < -0.39 is 21.8 Å². The monoisotopic (exact) mass is 394 g/mol. The van der Waals surface area contributed by atoms with Crippen LogP contribution in [0.1, 0.15) is 30.1 Å². The summed E-state index contributed by atoms with van der Waals surface area (Å²) in [5.74, 6) is -1.59. The Morgan fingerprint density at radius 2 is 1.96 bits per heavy atom. The number of hydrogen-bond donors (Lipinski definition) is 2. The summed E-state index contributed by atoms with van der Waals surface area (Å²) in [7, 11) is -4.12. The van der Waals surface area contributed by atoms with Gasteiger partial charge in [0.15, 0.2) is 5.75 Å². The quantitative estimate of drug-likeness (QED) is 0.807. The first-order valence-corrected chi connectivity index (χ1v) is 9.85. The minimum atomic E-state index is -4.12. The van der Waals surface area contributed by atoms with E-state index >= 15 is 0 Å². The summed E-state index contributed by atoms with van der Waals surface area (Å²) in [4.78, 5) is 13.4. The largest absolute Gasteiger partial charge is 0.478 e. The van der Waals surface area contributed by atoms with E-state index in [9.17, 15) is 22.7 Å². The molecular formula is C18H19FN2O5S. The summed E-state index contributed by atoms with van der Waals surface area (Å²) in [6.07, 6.45) is 1.75. The van der Waals surface area contributed by atoms with Crippen molar-refractivity contribution < 1.29 is 27.4 Å². The third-order valence-corrected chi connectivity index (χ3v) is 5.39. The molecule has 9 heteroatoms. The van der Waals surface area contributed by atoms with E-state index in [1.165, 1.54) is 30.3 Å². The molecule has 144 valence electrons. The predicted molar refractivity (Wildman–Crippen MR) is 97.3 cm³/mol. The molecule has 7 nitrogen and oxygen atoms in total. The summed E-state index contributed by atoms with van der Waals surface area (Å²) < 4.78 is 42.6. The van der Waals surface area contributed by atoms with E-state index in [0.29, 0.717) is 12.2 Å². The van der Waals surface area contributed by atoms with E-state index in [2.05, 4.69) is 0 Å². The second kappa shape index (κ2) is 7.16. The molecule has 0 saturated carbocycles. The Morgan fingerprint density at radius 3 is 2.48 bits per heavy atom. The highest BCUT2D eigenvalue weighted by Crippen LogP contribution is 2.41. The normalized spacial score (nSPS) is 17.1. The Labute approximate surface area is 156 Å². The Bertz CT molecular complexity index is 976. The molecule has 2 aromatic carbocycles. The highest BCUT2D eigenvalue weighted by Gasteiger charge is 2.29. The van der Waals surface area contributed by atoms with Crippen molar-refractivity contribution in [3.63, 3.8) is 0 Å². The maximum absolute atomic E-state index is 13.2. The maximum Gasteiger partial charge on any atom is 0.339 e. The van der Waals surface area contributed by atoms with Gasteiger partial charge in [0.2, 0.25) is 10.0 Å². The number of nitrogens with zero attached hydrogens (tertiary/aromatic N) is 1. The van der Waals surface area contributed by atoms with Gasteiger partial charge in [0.25, 0.3) is 0 Å². The second-order valence-electron chi connectivity index (χ2n) is 6.41. The van der Waals surface area contributed by atoms with Crippen LogP contribution >= 0.6 is 0 Å². The number of halogens is 1. The van der Waals surface area contributed by atoms with Crippen LogP contribution in [0.4, 0.5) is 10.1 Å². The average molecular weight is 394 g/mol. The molecule has 27 heavy (non-hydrogen) atoms. The lowest BCUT2D eigenvalue weighted by molar-refractivity contribution is 0.0694.